The van der Waals surface area contributed by atoms with Gasteiger partial charge >= 0.3 is 0 Å². The molecule has 1 aromatic heterocycles. The van der Waals surface area contributed by atoms with Crippen LogP contribution >= 0.6 is 11.6 Å². The molecule has 0 saturated carbocycles. The van der Waals surface area contributed by atoms with Gasteiger partial charge in [0, 0.05) is 32.1 Å². The fourth-order valence-corrected chi connectivity index (χ4v) is 3.07. The Bertz CT molecular complexity index is 496. The first kappa shape index (κ1) is 16.0. The standard InChI is InChI=1S/C15H23ClN4O/c1-3-15(11-16,14(17)21)12-5-4-6-13(18-12)20-9-7-19(2)8-10-20/h4-6H,3,7-11H2,1-2H3,(H2,17,21). The molecule has 1 aromatic rings. The zero-order valence-electron chi connectivity index (χ0n) is 12.7. The van der Waals surface area contributed by atoms with Crippen molar-refractivity contribution in [3.8, 4) is 0 Å². The van der Waals surface area contributed by atoms with Crippen molar-refractivity contribution in [2.75, 3.05) is 44.0 Å². The van der Waals surface area contributed by atoms with E-state index in [1.54, 1.807) is 0 Å². The molecule has 0 aliphatic carbocycles. The second-order valence-electron chi connectivity index (χ2n) is 5.60. The molecule has 1 aliphatic rings. The maximum atomic E-state index is 11.9. The Kier molecular flexibility index (Phi) is 5.06. The molecule has 6 heteroatoms. The lowest BCUT2D eigenvalue weighted by Gasteiger charge is -2.34. The zero-order valence-corrected chi connectivity index (χ0v) is 13.4. The van der Waals surface area contributed by atoms with Crippen molar-refractivity contribution in [3.05, 3.63) is 23.9 Å². The molecular formula is C15H23ClN4O. The second-order valence-corrected chi connectivity index (χ2v) is 5.87. The molecule has 21 heavy (non-hydrogen) atoms. The molecule has 5 nitrogen and oxygen atoms in total. The molecule has 116 valence electrons. The van der Waals surface area contributed by atoms with Crippen molar-refractivity contribution >= 4 is 23.3 Å². The summed E-state index contributed by atoms with van der Waals surface area (Å²) in [7, 11) is 2.11. The van der Waals surface area contributed by atoms with Crippen molar-refractivity contribution in [2.24, 2.45) is 5.73 Å². The van der Waals surface area contributed by atoms with E-state index in [1.165, 1.54) is 0 Å². The largest absolute Gasteiger partial charge is 0.369 e. The quantitative estimate of drug-likeness (QED) is 0.830. The van der Waals surface area contributed by atoms with Crippen LogP contribution in [0.4, 0.5) is 5.82 Å². The van der Waals surface area contributed by atoms with Crippen molar-refractivity contribution in [3.63, 3.8) is 0 Å². The molecular weight excluding hydrogens is 288 g/mol. The topological polar surface area (TPSA) is 62.5 Å². The van der Waals surface area contributed by atoms with Crippen LogP contribution in [0.1, 0.15) is 19.0 Å². The van der Waals surface area contributed by atoms with Gasteiger partial charge < -0.3 is 15.5 Å². The van der Waals surface area contributed by atoms with Gasteiger partial charge in [-0.2, -0.15) is 0 Å². The number of alkyl halides is 1. The van der Waals surface area contributed by atoms with Crippen LogP contribution in [-0.4, -0.2) is 54.9 Å². The van der Waals surface area contributed by atoms with E-state index in [-0.39, 0.29) is 5.88 Å². The van der Waals surface area contributed by atoms with Gasteiger partial charge in [-0.15, -0.1) is 11.6 Å². The number of rotatable bonds is 5. The van der Waals surface area contributed by atoms with Gasteiger partial charge in [0.25, 0.3) is 0 Å². The summed E-state index contributed by atoms with van der Waals surface area (Å²) in [5, 5.41) is 0. The van der Waals surface area contributed by atoms with Crippen molar-refractivity contribution in [1.29, 1.82) is 0 Å². The van der Waals surface area contributed by atoms with E-state index in [2.05, 4.69) is 21.8 Å². The van der Waals surface area contributed by atoms with Gasteiger partial charge in [0.05, 0.1) is 5.69 Å². The van der Waals surface area contributed by atoms with E-state index < -0.39 is 11.3 Å². The summed E-state index contributed by atoms with van der Waals surface area (Å²) in [6, 6.07) is 5.75. The molecule has 2 N–H and O–H groups in total. The van der Waals surface area contributed by atoms with Crippen LogP contribution in [0.5, 0.6) is 0 Å². The molecule has 0 spiro atoms. The van der Waals surface area contributed by atoms with Gasteiger partial charge in [0.2, 0.25) is 5.91 Å². The van der Waals surface area contributed by atoms with Crippen molar-refractivity contribution in [2.45, 2.75) is 18.8 Å². The Balaban J connectivity index is 2.30. The molecule has 1 aliphatic heterocycles. The van der Waals surface area contributed by atoms with Crippen LogP contribution < -0.4 is 10.6 Å². The molecule has 1 fully saturated rings. The third kappa shape index (κ3) is 3.14. The Morgan fingerprint density at radius 1 is 1.38 bits per heavy atom. The number of anilines is 1. The number of aromatic nitrogens is 1. The number of nitrogens with zero attached hydrogens (tertiary/aromatic N) is 3. The summed E-state index contributed by atoms with van der Waals surface area (Å²) in [6.07, 6.45) is 0.547. The predicted molar refractivity (Wildman–Crippen MR) is 85.8 cm³/mol. The molecule has 1 atom stereocenters. The highest BCUT2D eigenvalue weighted by Crippen LogP contribution is 2.29. The summed E-state index contributed by atoms with van der Waals surface area (Å²) in [5.41, 5.74) is 5.37. The first-order valence-electron chi connectivity index (χ1n) is 7.30. The molecule has 1 amide bonds. The number of halogens is 1. The molecule has 0 bridgehead atoms. The molecule has 1 unspecified atom stereocenters. The summed E-state index contributed by atoms with van der Waals surface area (Å²) in [6.45, 7) is 5.80. The third-order valence-electron chi connectivity index (χ3n) is 4.36. The third-order valence-corrected chi connectivity index (χ3v) is 4.81. The lowest BCUT2D eigenvalue weighted by molar-refractivity contribution is -0.123. The average molecular weight is 311 g/mol. The average Bonchev–Trinajstić information content (AvgIpc) is 2.50. The molecule has 1 saturated heterocycles. The number of carbonyl (C=O) groups is 1. The number of carbonyl (C=O) groups excluding carboxylic acids is 1. The van der Waals surface area contributed by atoms with Crippen LogP contribution in [0.25, 0.3) is 0 Å². The van der Waals surface area contributed by atoms with E-state index >= 15 is 0 Å². The number of primary amides is 1. The summed E-state index contributed by atoms with van der Waals surface area (Å²) >= 11 is 6.05. The monoisotopic (exact) mass is 310 g/mol. The number of nitrogens with two attached hydrogens (primary N) is 1. The maximum absolute atomic E-state index is 11.9. The number of hydrogen-bond acceptors (Lipinski definition) is 4. The van der Waals surface area contributed by atoms with Gasteiger partial charge in [-0.05, 0) is 25.6 Å². The highest BCUT2D eigenvalue weighted by molar-refractivity contribution is 6.20. The predicted octanol–water partition coefficient (Wildman–Crippen LogP) is 1.21. The van der Waals surface area contributed by atoms with Gasteiger partial charge in [0.15, 0.2) is 0 Å². The minimum atomic E-state index is -0.885. The van der Waals surface area contributed by atoms with Crippen molar-refractivity contribution < 1.29 is 4.79 Å². The summed E-state index contributed by atoms with van der Waals surface area (Å²) in [4.78, 5) is 21.1. The minimum Gasteiger partial charge on any atom is -0.369 e. The Morgan fingerprint density at radius 2 is 2.05 bits per heavy atom. The van der Waals surface area contributed by atoms with Gasteiger partial charge in [-0.25, -0.2) is 4.98 Å². The first-order chi connectivity index (χ1) is 10.0. The van der Waals surface area contributed by atoms with Gasteiger partial charge in [0.1, 0.15) is 11.2 Å². The number of piperazine rings is 1. The summed E-state index contributed by atoms with van der Waals surface area (Å²) in [5.74, 6) is 0.630. The van der Waals surface area contributed by atoms with Crippen molar-refractivity contribution in [1.82, 2.24) is 9.88 Å². The highest BCUT2D eigenvalue weighted by atomic mass is 35.5. The van der Waals surface area contributed by atoms with Gasteiger partial charge in [-0.1, -0.05) is 13.0 Å². The fourth-order valence-electron chi connectivity index (χ4n) is 2.61. The Hall–Kier alpha value is -1.33. The van der Waals surface area contributed by atoms with Crippen LogP contribution in [-0.2, 0) is 10.2 Å². The first-order valence-corrected chi connectivity index (χ1v) is 7.84. The van der Waals surface area contributed by atoms with Gasteiger partial charge in [-0.3, -0.25) is 4.79 Å². The fraction of sp³-hybridized carbons (Fsp3) is 0.600. The zero-order chi connectivity index (χ0) is 15.5. The SMILES string of the molecule is CCC(CCl)(C(N)=O)c1cccc(N2CCN(C)CC2)n1. The second kappa shape index (κ2) is 6.62. The molecule has 0 radical (unpaired) electrons. The lowest BCUT2D eigenvalue weighted by Crippen LogP contribution is -2.46. The highest BCUT2D eigenvalue weighted by Gasteiger charge is 2.37. The minimum absolute atomic E-state index is 0.151. The number of hydrogen-bond donors (Lipinski definition) is 1. The van der Waals surface area contributed by atoms with E-state index in [0.29, 0.717) is 12.1 Å². The van der Waals surface area contributed by atoms with Crippen LogP contribution in [0, 0.1) is 0 Å². The normalized spacial score (nSPS) is 19.3. The number of pyridine rings is 1. The smallest absolute Gasteiger partial charge is 0.230 e. The molecule has 2 rings (SSSR count). The Labute approximate surface area is 131 Å². The molecule has 2 heterocycles. The van der Waals surface area contributed by atoms with Crippen LogP contribution in [0.15, 0.2) is 18.2 Å². The number of amides is 1. The van der Waals surface area contributed by atoms with Crippen LogP contribution in [0.3, 0.4) is 0 Å². The lowest BCUT2D eigenvalue weighted by atomic mass is 9.82. The van der Waals surface area contributed by atoms with E-state index in [9.17, 15) is 4.79 Å². The molecule has 0 aromatic carbocycles. The van der Waals surface area contributed by atoms with Crippen LogP contribution in [0.2, 0.25) is 0 Å². The summed E-state index contributed by atoms with van der Waals surface area (Å²) < 4.78 is 0. The van der Waals surface area contributed by atoms with E-state index in [4.69, 9.17) is 17.3 Å². The van der Waals surface area contributed by atoms with E-state index in [1.807, 2.05) is 25.1 Å². The Morgan fingerprint density at radius 3 is 2.57 bits per heavy atom. The number of likely N-dealkylation sites (N-methyl/N-ethyl adjacent to an activating group) is 1. The maximum Gasteiger partial charge on any atom is 0.230 e. The van der Waals surface area contributed by atoms with E-state index in [0.717, 1.165) is 32.0 Å².